The topological polar surface area (TPSA) is 66.0 Å². The summed E-state index contributed by atoms with van der Waals surface area (Å²) in [6.07, 6.45) is 1.72. The summed E-state index contributed by atoms with van der Waals surface area (Å²) in [5.41, 5.74) is 8.73. The van der Waals surface area contributed by atoms with Crippen LogP contribution in [0.25, 0.3) is 16.9 Å². The second-order valence-corrected chi connectivity index (χ2v) is 4.48. The Labute approximate surface area is 114 Å². The van der Waals surface area contributed by atoms with Crippen LogP contribution in [0.2, 0.25) is 0 Å². The van der Waals surface area contributed by atoms with Gasteiger partial charge in [0.2, 0.25) is 5.95 Å². The summed E-state index contributed by atoms with van der Waals surface area (Å²) in [5.74, 6) is -0.0124. The van der Waals surface area contributed by atoms with Gasteiger partial charge >= 0.3 is 0 Å². The fourth-order valence-electron chi connectivity index (χ4n) is 2.13. The molecule has 102 valence electrons. The Morgan fingerprint density at radius 3 is 2.80 bits per heavy atom. The minimum atomic E-state index is -0.460. The number of benzene rings is 1. The van der Waals surface area contributed by atoms with E-state index in [0.29, 0.717) is 16.9 Å². The molecule has 0 aliphatic rings. The van der Waals surface area contributed by atoms with E-state index in [1.54, 1.807) is 22.9 Å². The van der Waals surface area contributed by atoms with Crippen molar-refractivity contribution in [2.75, 3.05) is 12.8 Å². The summed E-state index contributed by atoms with van der Waals surface area (Å²) in [6, 6.07) is 6.48. The second kappa shape index (κ2) is 4.48. The fourth-order valence-corrected chi connectivity index (χ4v) is 2.13. The molecule has 0 bridgehead atoms. The average Bonchev–Trinajstić information content (AvgIpc) is 2.73. The molecule has 3 rings (SSSR count). The SMILES string of the molecule is COc1ccc(-n2c(N)nc3cc(C)cnc32)cc1F. The van der Waals surface area contributed by atoms with Crippen LogP contribution in [0.3, 0.4) is 0 Å². The number of ether oxygens (including phenoxy) is 1. The van der Waals surface area contributed by atoms with Crippen LogP contribution in [0.4, 0.5) is 10.3 Å². The number of hydrogen-bond acceptors (Lipinski definition) is 4. The standard InChI is InChI=1S/C14H13FN4O/c1-8-5-11-13(17-7-8)19(14(16)18-11)9-3-4-12(20-2)10(15)6-9/h3-7H,1-2H3,(H2,16,18). The van der Waals surface area contributed by atoms with Gasteiger partial charge in [0, 0.05) is 12.3 Å². The largest absolute Gasteiger partial charge is 0.494 e. The monoisotopic (exact) mass is 272 g/mol. The lowest BCUT2D eigenvalue weighted by Crippen LogP contribution is -2.02. The van der Waals surface area contributed by atoms with Crippen molar-refractivity contribution in [2.45, 2.75) is 6.92 Å². The maximum absolute atomic E-state index is 13.8. The van der Waals surface area contributed by atoms with Gasteiger partial charge in [0.05, 0.1) is 12.8 Å². The highest BCUT2D eigenvalue weighted by atomic mass is 19.1. The van der Waals surface area contributed by atoms with Gasteiger partial charge in [-0.1, -0.05) is 0 Å². The van der Waals surface area contributed by atoms with Crippen LogP contribution in [-0.4, -0.2) is 21.6 Å². The van der Waals surface area contributed by atoms with Crippen molar-refractivity contribution >= 4 is 17.1 Å². The first-order valence-corrected chi connectivity index (χ1v) is 6.04. The Morgan fingerprint density at radius 2 is 2.10 bits per heavy atom. The number of pyridine rings is 1. The van der Waals surface area contributed by atoms with E-state index in [0.717, 1.165) is 5.56 Å². The molecule has 2 heterocycles. The number of hydrogen-bond donors (Lipinski definition) is 1. The third kappa shape index (κ3) is 1.85. The van der Waals surface area contributed by atoms with Crippen molar-refractivity contribution in [1.29, 1.82) is 0 Å². The molecule has 0 aliphatic heterocycles. The molecule has 0 amide bonds. The van der Waals surface area contributed by atoms with Crippen LogP contribution in [0.15, 0.2) is 30.5 Å². The predicted molar refractivity (Wildman–Crippen MR) is 74.5 cm³/mol. The van der Waals surface area contributed by atoms with Crippen molar-refractivity contribution in [1.82, 2.24) is 14.5 Å². The van der Waals surface area contributed by atoms with Gasteiger partial charge in [-0.2, -0.15) is 0 Å². The van der Waals surface area contributed by atoms with E-state index in [9.17, 15) is 4.39 Å². The minimum absolute atomic E-state index is 0.181. The first-order valence-electron chi connectivity index (χ1n) is 6.04. The maximum atomic E-state index is 13.8. The molecular weight excluding hydrogens is 259 g/mol. The zero-order valence-electron chi connectivity index (χ0n) is 11.1. The molecule has 2 N–H and O–H groups in total. The van der Waals surface area contributed by atoms with E-state index in [1.807, 2.05) is 13.0 Å². The normalized spacial score (nSPS) is 10.9. The van der Waals surface area contributed by atoms with E-state index in [2.05, 4.69) is 9.97 Å². The number of aromatic nitrogens is 3. The van der Waals surface area contributed by atoms with Crippen molar-refractivity contribution in [2.24, 2.45) is 0 Å². The Bertz CT molecular complexity index is 797. The van der Waals surface area contributed by atoms with Crippen molar-refractivity contribution in [3.05, 3.63) is 41.8 Å². The fraction of sp³-hybridized carbons (Fsp3) is 0.143. The van der Waals surface area contributed by atoms with Crippen molar-refractivity contribution in [3.63, 3.8) is 0 Å². The molecule has 0 fully saturated rings. The van der Waals surface area contributed by atoms with Crippen LogP contribution in [0.1, 0.15) is 5.56 Å². The molecule has 0 unspecified atom stereocenters. The molecule has 0 radical (unpaired) electrons. The number of nitrogens with two attached hydrogens (primary N) is 1. The number of methoxy groups -OCH3 is 1. The van der Waals surface area contributed by atoms with Crippen molar-refractivity contribution in [3.8, 4) is 11.4 Å². The molecule has 0 aliphatic carbocycles. The molecule has 0 spiro atoms. The zero-order chi connectivity index (χ0) is 14.3. The summed E-state index contributed by atoms with van der Waals surface area (Å²) in [4.78, 5) is 8.56. The van der Waals surface area contributed by atoms with Gasteiger partial charge in [-0.05, 0) is 30.7 Å². The van der Waals surface area contributed by atoms with Gasteiger partial charge in [0.1, 0.15) is 5.52 Å². The van der Waals surface area contributed by atoms with E-state index in [-0.39, 0.29) is 11.7 Å². The molecule has 20 heavy (non-hydrogen) atoms. The van der Waals surface area contributed by atoms with E-state index < -0.39 is 5.82 Å². The van der Waals surface area contributed by atoms with Crippen LogP contribution in [0, 0.1) is 12.7 Å². The Morgan fingerprint density at radius 1 is 1.30 bits per heavy atom. The van der Waals surface area contributed by atoms with Gasteiger partial charge in [0.25, 0.3) is 0 Å². The lowest BCUT2D eigenvalue weighted by molar-refractivity contribution is 0.386. The highest BCUT2D eigenvalue weighted by molar-refractivity contribution is 5.77. The number of nitrogens with zero attached hydrogens (tertiary/aromatic N) is 3. The van der Waals surface area contributed by atoms with E-state index in [1.165, 1.54) is 13.2 Å². The summed E-state index contributed by atoms with van der Waals surface area (Å²) in [6.45, 7) is 1.93. The minimum Gasteiger partial charge on any atom is -0.494 e. The van der Waals surface area contributed by atoms with Gasteiger partial charge in [-0.25, -0.2) is 14.4 Å². The Kier molecular flexibility index (Phi) is 2.78. The van der Waals surface area contributed by atoms with Crippen LogP contribution < -0.4 is 10.5 Å². The number of halogens is 1. The summed E-state index contributed by atoms with van der Waals surface area (Å²) in [7, 11) is 1.42. The number of nitrogen functional groups attached to an aromatic ring is 1. The third-order valence-corrected chi connectivity index (χ3v) is 3.05. The van der Waals surface area contributed by atoms with Gasteiger partial charge in [-0.3, -0.25) is 4.57 Å². The average molecular weight is 272 g/mol. The number of fused-ring (bicyclic) bond motifs is 1. The highest BCUT2D eigenvalue weighted by Gasteiger charge is 2.13. The van der Waals surface area contributed by atoms with E-state index >= 15 is 0 Å². The molecule has 6 heteroatoms. The quantitative estimate of drug-likeness (QED) is 0.778. The van der Waals surface area contributed by atoms with Gasteiger partial charge in [-0.15, -0.1) is 0 Å². The number of imidazole rings is 1. The first-order chi connectivity index (χ1) is 9.60. The first kappa shape index (κ1) is 12.4. The van der Waals surface area contributed by atoms with Gasteiger partial charge in [0.15, 0.2) is 17.2 Å². The molecule has 0 saturated carbocycles. The third-order valence-electron chi connectivity index (χ3n) is 3.05. The van der Waals surface area contributed by atoms with Gasteiger partial charge < -0.3 is 10.5 Å². The molecular formula is C14H13FN4O. The zero-order valence-corrected chi connectivity index (χ0v) is 11.1. The highest BCUT2D eigenvalue weighted by Crippen LogP contribution is 2.25. The predicted octanol–water partition coefficient (Wildman–Crippen LogP) is 2.46. The van der Waals surface area contributed by atoms with E-state index in [4.69, 9.17) is 10.5 Å². The molecule has 1 aromatic carbocycles. The van der Waals surface area contributed by atoms with Crippen LogP contribution in [-0.2, 0) is 0 Å². The number of rotatable bonds is 2. The molecule has 0 atom stereocenters. The lowest BCUT2D eigenvalue weighted by Gasteiger charge is -2.08. The molecule has 3 aromatic rings. The Hall–Kier alpha value is -2.63. The summed E-state index contributed by atoms with van der Waals surface area (Å²) in [5, 5.41) is 0. The summed E-state index contributed by atoms with van der Waals surface area (Å²) < 4.78 is 20.3. The number of aryl methyl sites for hydroxylation is 1. The number of anilines is 1. The maximum Gasteiger partial charge on any atom is 0.207 e. The Balaban J connectivity index is 2.23. The molecule has 2 aromatic heterocycles. The lowest BCUT2D eigenvalue weighted by atomic mass is 10.2. The summed E-state index contributed by atoms with van der Waals surface area (Å²) >= 11 is 0. The van der Waals surface area contributed by atoms with Crippen molar-refractivity contribution < 1.29 is 9.13 Å². The smallest absolute Gasteiger partial charge is 0.207 e. The van der Waals surface area contributed by atoms with Crippen LogP contribution in [0.5, 0.6) is 5.75 Å². The molecule has 0 saturated heterocycles. The van der Waals surface area contributed by atoms with Crippen LogP contribution >= 0.6 is 0 Å². The molecule has 5 nitrogen and oxygen atoms in total. The second-order valence-electron chi connectivity index (χ2n) is 4.48.